The molecule has 1 atom stereocenters. The van der Waals surface area contributed by atoms with Crippen LogP contribution in [-0.4, -0.2) is 11.8 Å². The van der Waals surface area contributed by atoms with Crippen LogP contribution in [0.25, 0.3) is 0 Å². The van der Waals surface area contributed by atoms with E-state index in [2.05, 4.69) is 5.32 Å². The highest BCUT2D eigenvalue weighted by Gasteiger charge is 2.33. The van der Waals surface area contributed by atoms with Crippen molar-refractivity contribution in [1.29, 1.82) is 0 Å². The molecule has 3 N–H and O–H groups in total. The summed E-state index contributed by atoms with van der Waals surface area (Å²) < 4.78 is 0. The molecule has 4 nitrogen and oxygen atoms in total. The molecule has 0 aromatic carbocycles. The Hall–Kier alpha value is -1.32. The molecule has 1 unspecified atom stereocenters. The van der Waals surface area contributed by atoms with Crippen LogP contribution >= 0.6 is 0 Å². The van der Waals surface area contributed by atoms with Crippen molar-refractivity contribution >= 4 is 11.8 Å². The number of hydrogen-bond acceptors (Lipinski definition) is 3. The van der Waals surface area contributed by atoms with Gasteiger partial charge in [-0.25, -0.2) is 0 Å². The fourth-order valence-electron chi connectivity index (χ4n) is 1.14. The normalized spacial score (nSPS) is 28.7. The van der Waals surface area contributed by atoms with Gasteiger partial charge < -0.3 is 5.73 Å². The van der Waals surface area contributed by atoms with Gasteiger partial charge in [-0.2, -0.15) is 0 Å². The number of hydrogen-bond donors (Lipinski definition) is 2. The van der Waals surface area contributed by atoms with Gasteiger partial charge in [0, 0.05) is 11.3 Å². The third-order valence-electron chi connectivity index (χ3n) is 1.73. The third kappa shape index (κ3) is 1.11. The maximum atomic E-state index is 11.0. The number of amides is 2. The zero-order chi connectivity index (χ0) is 8.59. The van der Waals surface area contributed by atoms with Crippen molar-refractivity contribution in [1.82, 2.24) is 5.32 Å². The Morgan fingerprint density at radius 3 is 2.27 bits per heavy atom. The van der Waals surface area contributed by atoms with Gasteiger partial charge in [0.1, 0.15) is 0 Å². The zero-order valence-corrected chi connectivity index (χ0v) is 6.47. The summed E-state index contributed by atoms with van der Waals surface area (Å²) in [5.74, 6) is -1.02. The number of carbonyl (C=O) groups excluding carboxylic acids is 2. The van der Waals surface area contributed by atoms with E-state index in [4.69, 9.17) is 5.73 Å². The van der Waals surface area contributed by atoms with Gasteiger partial charge >= 0.3 is 0 Å². The average molecular weight is 154 g/mol. The molecule has 0 aromatic rings. The molecule has 1 heterocycles. The Bertz CT molecular complexity index is 251. The van der Waals surface area contributed by atoms with E-state index < -0.39 is 5.92 Å². The van der Waals surface area contributed by atoms with Gasteiger partial charge in [-0.1, -0.05) is 0 Å². The Balaban J connectivity index is 3.08. The molecule has 11 heavy (non-hydrogen) atoms. The lowest BCUT2D eigenvalue weighted by molar-refractivity contribution is -0.125. The molecule has 0 radical (unpaired) electrons. The summed E-state index contributed by atoms with van der Waals surface area (Å²) >= 11 is 0. The quantitative estimate of drug-likeness (QED) is 0.365. The number of rotatable bonds is 0. The summed E-state index contributed by atoms with van der Waals surface area (Å²) in [6.45, 7) is 3.27. The standard InChI is InChI=1S/C7H10N2O2/c1-3-5(4(2)8)7(11)9-6(3)10/h3H,8H2,1-2H3,(H,9,10,11)/b5-4+. The van der Waals surface area contributed by atoms with Crippen LogP contribution in [0.2, 0.25) is 0 Å². The van der Waals surface area contributed by atoms with Crippen molar-refractivity contribution in [2.24, 2.45) is 11.7 Å². The van der Waals surface area contributed by atoms with Crippen LogP contribution in [0.1, 0.15) is 13.8 Å². The Morgan fingerprint density at radius 1 is 1.55 bits per heavy atom. The second-order valence-corrected chi connectivity index (χ2v) is 2.64. The molecule has 1 saturated heterocycles. The molecule has 0 aromatic heterocycles. The molecule has 0 aliphatic carbocycles. The lowest BCUT2D eigenvalue weighted by Crippen LogP contribution is -2.21. The van der Waals surface area contributed by atoms with Crippen LogP contribution in [0.4, 0.5) is 0 Å². The summed E-state index contributed by atoms with van der Waals surface area (Å²) in [5, 5.41) is 2.18. The Morgan fingerprint density at radius 2 is 2.09 bits per heavy atom. The first-order chi connectivity index (χ1) is 5.04. The molecule has 60 valence electrons. The molecular formula is C7H10N2O2. The number of nitrogens with two attached hydrogens (primary N) is 1. The predicted octanol–water partition coefficient (Wildman–Crippen LogP) is -0.488. The molecular weight excluding hydrogens is 144 g/mol. The van der Waals surface area contributed by atoms with Crippen molar-refractivity contribution in [2.45, 2.75) is 13.8 Å². The molecule has 0 saturated carbocycles. The Labute approximate surface area is 64.4 Å². The molecule has 1 rings (SSSR count). The highest BCUT2D eigenvalue weighted by Crippen LogP contribution is 2.18. The SMILES string of the molecule is C/C(N)=C1\C(=O)NC(=O)C1C. The predicted molar refractivity (Wildman–Crippen MR) is 39.2 cm³/mol. The average Bonchev–Trinajstić information content (AvgIpc) is 2.07. The van der Waals surface area contributed by atoms with Gasteiger partial charge in [0.05, 0.1) is 5.92 Å². The van der Waals surface area contributed by atoms with Crippen LogP contribution in [-0.2, 0) is 9.59 Å². The Kier molecular flexibility index (Phi) is 1.68. The smallest absolute Gasteiger partial charge is 0.256 e. The molecule has 4 heteroatoms. The van der Waals surface area contributed by atoms with Crippen molar-refractivity contribution in [3.63, 3.8) is 0 Å². The molecule has 1 fully saturated rings. The van der Waals surface area contributed by atoms with Crippen LogP contribution in [0.15, 0.2) is 11.3 Å². The van der Waals surface area contributed by atoms with Gasteiger partial charge in [0.2, 0.25) is 5.91 Å². The van der Waals surface area contributed by atoms with Crippen LogP contribution in [0, 0.1) is 5.92 Å². The van der Waals surface area contributed by atoms with Gasteiger partial charge in [0.25, 0.3) is 5.91 Å². The van der Waals surface area contributed by atoms with Crippen molar-refractivity contribution in [2.75, 3.05) is 0 Å². The molecule has 1 aliphatic heterocycles. The van der Waals surface area contributed by atoms with E-state index in [1.165, 1.54) is 0 Å². The highest BCUT2D eigenvalue weighted by atomic mass is 16.2. The second kappa shape index (κ2) is 2.38. The summed E-state index contributed by atoms with van der Waals surface area (Å²) in [7, 11) is 0. The first-order valence-corrected chi connectivity index (χ1v) is 3.35. The van der Waals surface area contributed by atoms with Gasteiger partial charge in [0.15, 0.2) is 0 Å². The first-order valence-electron chi connectivity index (χ1n) is 3.35. The molecule has 0 bridgehead atoms. The summed E-state index contributed by atoms with van der Waals surface area (Å²) in [6, 6.07) is 0. The lowest BCUT2D eigenvalue weighted by Gasteiger charge is -2.00. The maximum absolute atomic E-state index is 11.0. The van der Waals surface area contributed by atoms with Gasteiger partial charge in [-0.05, 0) is 13.8 Å². The number of allylic oxidation sites excluding steroid dienone is 1. The second-order valence-electron chi connectivity index (χ2n) is 2.64. The molecule has 1 aliphatic rings. The monoisotopic (exact) mass is 154 g/mol. The number of nitrogens with one attached hydrogen (secondary N) is 1. The fourth-order valence-corrected chi connectivity index (χ4v) is 1.14. The van der Waals surface area contributed by atoms with Gasteiger partial charge in [-0.15, -0.1) is 0 Å². The van der Waals surface area contributed by atoms with Crippen molar-refractivity contribution in [3.05, 3.63) is 11.3 Å². The van der Waals surface area contributed by atoms with Crippen molar-refractivity contribution in [3.8, 4) is 0 Å². The van der Waals surface area contributed by atoms with E-state index in [1.54, 1.807) is 13.8 Å². The molecule has 2 amide bonds. The minimum atomic E-state index is -0.396. The minimum absolute atomic E-state index is 0.269. The number of imide groups is 1. The summed E-state index contributed by atoms with van der Waals surface area (Å²) in [6.07, 6.45) is 0. The topological polar surface area (TPSA) is 72.2 Å². The van der Waals surface area contributed by atoms with Crippen LogP contribution in [0.3, 0.4) is 0 Å². The molecule has 0 spiro atoms. The highest BCUT2D eigenvalue weighted by molar-refractivity contribution is 6.14. The van der Waals surface area contributed by atoms with E-state index in [1.807, 2.05) is 0 Å². The summed E-state index contributed by atoms with van der Waals surface area (Å²) in [5.41, 5.74) is 6.22. The largest absolute Gasteiger partial charge is 0.402 e. The number of carbonyl (C=O) groups is 2. The van der Waals surface area contributed by atoms with E-state index in [-0.39, 0.29) is 11.8 Å². The maximum Gasteiger partial charge on any atom is 0.256 e. The lowest BCUT2D eigenvalue weighted by atomic mass is 10.0. The zero-order valence-electron chi connectivity index (χ0n) is 6.47. The van der Waals surface area contributed by atoms with Crippen molar-refractivity contribution < 1.29 is 9.59 Å². The third-order valence-corrected chi connectivity index (χ3v) is 1.73. The van der Waals surface area contributed by atoms with E-state index >= 15 is 0 Å². The summed E-state index contributed by atoms with van der Waals surface area (Å²) in [4.78, 5) is 21.8. The first kappa shape index (κ1) is 7.78. The van der Waals surface area contributed by atoms with Crippen LogP contribution in [0.5, 0.6) is 0 Å². The van der Waals surface area contributed by atoms with Crippen LogP contribution < -0.4 is 11.1 Å². The van der Waals surface area contributed by atoms with Gasteiger partial charge in [-0.3, -0.25) is 14.9 Å². The van der Waals surface area contributed by atoms with E-state index in [0.717, 1.165) is 0 Å². The fraction of sp³-hybridized carbons (Fsp3) is 0.429. The minimum Gasteiger partial charge on any atom is -0.402 e. The van der Waals surface area contributed by atoms with E-state index in [9.17, 15) is 9.59 Å². The van der Waals surface area contributed by atoms with E-state index in [0.29, 0.717) is 11.3 Å².